The molecule has 5 rings (SSSR count). The number of rotatable bonds is 3. The van der Waals surface area contributed by atoms with Crippen LogP contribution >= 0.6 is 11.6 Å². The summed E-state index contributed by atoms with van der Waals surface area (Å²) in [6.45, 7) is 4.18. The minimum atomic E-state index is 0.0720. The summed E-state index contributed by atoms with van der Waals surface area (Å²) in [7, 11) is 0. The van der Waals surface area contributed by atoms with Gasteiger partial charge in [0.25, 0.3) is 5.91 Å². The Morgan fingerprint density at radius 1 is 0.903 bits per heavy atom. The van der Waals surface area contributed by atoms with Crippen LogP contribution in [0.3, 0.4) is 0 Å². The lowest BCUT2D eigenvalue weighted by atomic mass is 10.00. The first-order valence-electron chi connectivity index (χ1n) is 10.7. The van der Waals surface area contributed by atoms with Crippen LogP contribution in [0.25, 0.3) is 21.7 Å². The van der Waals surface area contributed by atoms with Crippen LogP contribution in [0.2, 0.25) is 5.02 Å². The van der Waals surface area contributed by atoms with Crippen molar-refractivity contribution in [1.82, 2.24) is 14.8 Å². The molecule has 1 fully saturated rings. The summed E-state index contributed by atoms with van der Waals surface area (Å²) in [5.41, 5.74) is 2.72. The van der Waals surface area contributed by atoms with Crippen LogP contribution in [0.4, 0.5) is 0 Å². The molecule has 4 nitrogen and oxygen atoms in total. The number of halogens is 1. The zero-order valence-electron chi connectivity index (χ0n) is 17.3. The first-order valence-corrected chi connectivity index (χ1v) is 11.1. The van der Waals surface area contributed by atoms with Crippen molar-refractivity contribution in [2.75, 3.05) is 26.2 Å². The Labute approximate surface area is 187 Å². The molecular formula is C26H24ClN3O. The highest BCUT2D eigenvalue weighted by molar-refractivity contribution is 6.30. The molecule has 1 aromatic heterocycles. The Hall–Kier alpha value is -2.95. The summed E-state index contributed by atoms with van der Waals surface area (Å²) in [4.78, 5) is 22.5. The van der Waals surface area contributed by atoms with E-state index in [0.717, 1.165) is 59.3 Å². The van der Waals surface area contributed by atoms with Gasteiger partial charge < -0.3 is 4.90 Å². The average Bonchev–Trinajstić information content (AvgIpc) is 3.05. The van der Waals surface area contributed by atoms with Gasteiger partial charge in [0, 0.05) is 49.3 Å². The monoisotopic (exact) mass is 429 g/mol. The molecule has 2 heterocycles. The van der Waals surface area contributed by atoms with Gasteiger partial charge in [-0.05, 0) is 47.0 Å². The number of amides is 1. The van der Waals surface area contributed by atoms with Crippen molar-refractivity contribution in [3.05, 3.63) is 89.1 Å². The van der Waals surface area contributed by atoms with Gasteiger partial charge in [-0.15, -0.1) is 0 Å². The second-order valence-corrected chi connectivity index (χ2v) is 8.53. The molecule has 1 amide bonds. The normalized spacial score (nSPS) is 15.3. The minimum Gasteiger partial charge on any atom is -0.337 e. The molecule has 0 unspecified atom stereocenters. The fourth-order valence-electron chi connectivity index (χ4n) is 4.44. The van der Waals surface area contributed by atoms with Crippen molar-refractivity contribution >= 4 is 39.2 Å². The Balaban J connectivity index is 1.39. The fraction of sp³-hybridized carbons (Fsp3) is 0.231. The van der Waals surface area contributed by atoms with Crippen LogP contribution < -0.4 is 0 Å². The highest BCUT2D eigenvalue weighted by Gasteiger charge is 2.23. The first kappa shape index (κ1) is 20.0. The molecule has 0 atom stereocenters. The highest BCUT2D eigenvalue weighted by Crippen LogP contribution is 2.28. The van der Waals surface area contributed by atoms with Gasteiger partial charge in [0.2, 0.25) is 0 Å². The van der Waals surface area contributed by atoms with E-state index >= 15 is 0 Å². The third-order valence-electron chi connectivity index (χ3n) is 6.04. The van der Waals surface area contributed by atoms with E-state index in [1.54, 1.807) is 6.20 Å². The smallest absolute Gasteiger partial charge is 0.256 e. The molecule has 1 aliphatic heterocycles. The Kier molecular flexibility index (Phi) is 5.58. The van der Waals surface area contributed by atoms with Crippen LogP contribution in [0.15, 0.2) is 72.9 Å². The molecule has 3 aromatic carbocycles. The molecule has 1 aliphatic rings. The SMILES string of the molecule is O=C(c1cc2ccccc2c2cccnc12)N1CCCN(Cc2ccc(Cl)cc2)CC1. The number of nitrogens with zero attached hydrogens (tertiary/aromatic N) is 3. The summed E-state index contributed by atoms with van der Waals surface area (Å²) in [6.07, 6.45) is 2.72. The average molecular weight is 430 g/mol. The molecule has 0 saturated carbocycles. The lowest BCUT2D eigenvalue weighted by Gasteiger charge is -2.23. The summed E-state index contributed by atoms with van der Waals surface area (Å²) >= 11 is 6.01. The molecule has 0 radical (unpaired) electrons. The van der Waals surface area contributed by atoms with E-state index in [0.29, 0.717) is 12.1 Å². The van der Waals surface area contributed by atoms with Crippen molar-refractivity contribution in [2.45, 2.75) is 13.0 Å². The highest BCUT2D eigenvalue weighted by atomic mass is 35.5. The van der Waals surface area contributed by atoms with Gasteiger partial charge >= 0.3 is 0 Å². The number of benzene rings is 3. The number of hydrogen-bond acceptors (Lipinski definition) is 3. The molecule has 0 spiro atoms. The third kappa shape index (κ3) is 4.14. The quantitative estimate of drug-likeness (QED) is 0.410. The van der Waals surface area contributed by atoms with Crippen molar-refractivity contribution in [1.29, 1.82) is 0 Å². The molecule has 4 aromatic rings. The van der Waals surface area contributed by atoms with Crippen LogP contribution in [0.1, 0.15) is 22.3 Å². The van der Waals surface area contributed by atoms with Gasteiger partial charge in [-0.25, -0.2) is 0 Å². The number of carbonyl (C=O) groups excluding carboxylic acids is 1. The van der Waals surface area contributed by atoms with Crippen molar-refractivity contribution in [2.24, 2.45) is 0 Å². The summed E-state index contributed by atoms with van der Waals surface area (Å²) in [6, 6.07) is 22.2. The molecule has 156 valence electrons. The largest absolute Gasteiger partial charge is 0.337 e. The summed E-state index contributed by atoms with van der Waals surface area (Å²) < 4.78 is 0. The van der Waals surface area contributed by atoms with Crippen molar-refractivity contribution < 1.29 is 4.79 Å². The molecule has 31 heavy (non-hydrogen) atoms. The molecule has 0 aliphatic carbocycles. The van der Waals surface area contributed by atoms with Gasteiger partial charge in [0.1, 0.15) is 0 Å². The summed E-state index contributed by atoms with van der Waals surface area (Å²) in [5.74, 6) is 0.0720. The standard InChI is InChI=1S/C26H24ClN3O/c27-21-10-8-19(9-11-21)18-29-13-4-14-30(16-15-29)26(31)24-17-20-5-1-2-6-22(20)23-7-3-12-28-25(23)24/h1-3,5-12,17H,4,13-16,18H2. The van der Waals surface area contributed by atoms with E-state index in [1.807, 2.05) is 41.3 Å². The topological polar surface area (TPSA) is 36.4 Å². The molecule has 0 N–H and O–H groups in total. The second-order valence-electron chi connectivity index (χ2n) is 8.09. The van der Waals surface area contributed by atoms with Crippen LogP contribution in [-0.2, 0) is 6.54 Å². The predicted molar refractivity (Wildman–Crippen MR) is 126 cm³/mol. The van der Waals surface area contributed by atoms with E-state index in [4.69, 9.17) is 11.6 Å². The second kappa shape index (κ2) is 8.66. The number of aromatic nitrogens is 1. The zero-order valence-corrected chi connectivity index (χ0v) is 18.1. The van der Waals surface area contributed by atoms with E-state index in [9.17, 15) is 4.79 Å². The van der Waals surface area contributed by atoms with Crippen LogP contribution in [0.5, 0.6) is 0 Å². The summed E-state index contributed by atoms with van der Waals surface area (Å²) in [5, 5.41) is 3.99. The zero-order chi connectivity index (χ0) is 21.2. The number of carbonyl (C=O) groups is 1. The van der Waals surface area contributed by atoms with E-state index < -0.39 is 0 Å². The van der Waals surface area contributed by atoms with Crippen LogP contribution in [-0.4, -0.2) is 46.9 Å². The fourth-order valence-corrected chi connectivity index (χ4v) is 4.57. The first-order chi connectivity index (χ1) is 15.2. The van der Waals surface area contributed by atoms with E-state index in [-0.39, 0.29) is 5.91 Å². The van der Waals surface area contributed by atoms with Gasteiger partial charge in [-0.1, -0.05) is 54.1 Å². The Bertz CT molecular complexity index is 1240. The predicted octanol–water partition coefficient (Wildman–Crippen LogP) is 5.39. The molecule has 0 bridgehead atoms. The number of pyridine rings is 1. The maximum Gasteiger partial charge on any atom is 0.256 e. The lowest BCUT2D eigenvalue weighted by Crippen LogP contribution is -2.35. The molecule has 5 heteroatoms. The minimum absolute atomic E-state index is 0.0720. The number of hydrogen-bond donors (Lipinski definition) is 0. The third-order valence-corrected chi connectivity index (χ3v) is 6.29. The number of fused-ring (bicyclic) bond motifs is 3. The van der Waals surface area contributed by atoms with E-state index in [2.05, 4.69) is 40.2 Å². The van der Waals surface area contributed by atoms with Crippen LogP contribution in [0, 0.1) is 0 Å². The van der Waals surface area contributed by atoms with Crippen molar-refractivity contribution in [3.8, 4) is 0 Å². The van der Waals surface area contributed by atoms with Crippen molar-refractivity contribution in [3.63, 3.8) is 0 Å². The maximum atomic E-state index is 13.6. The lowest BCUT2D eigenvalue weighted by molar-refractivity contribution is 0.0763. The molecular weight excluding hydrogens is 406 g/mol. The maximum absolute atomic E-state index is 13.6. The van der Waals surface area contributed by atoms with Gasteiger partial charge in [-0.3, -0.25) is 14.7 Å². The Morgan fingerprint density at radius 2 is 1.71 bits per heavy atom. The van der Waals surface area contributed by atoms with E-state index in [1.165, 1.54) is 5.56 Å². The van der Waals surface area contributed by atoms with Gasteiger partial charge in [-0.2, -0.15) is 0 Å². The van der Waals surface area contributed by atoms with Gasteiger partial charge in [0.15, 0.2) is 0 Å². The molecule has 1 saturated heterocycles. The van der Waals surface area contributed by atoms with Gasteiger partial charge in [0.05, 0.1) is 11.1 Å². The Morgan fingerprint density at radius 3 is 2.58 bits per heavy atom.